The smallest absolute Gasteiger partial charge is 0.254 e. The van der Waals surface area contributed by atoms with Crippen molar-refractivity contribution in [3.63, 3.8) is 0 Å². The molecule has 0 radical (unpaired) electrons. The highest BCUT2D eigenvalue weighted by molar-refractivity contribution is 5.93. The number of pyridine rings is 1. The van der Waals surface area contributed by atoms with Crippen LogP contribution in [0.5, 0.6) is 0 Å². The second-order valence-corrected chi connectivity index (χ2v) is 6.10. The Hall–Kier alpha value is -2.36. The third-order valence-electron chi connectivity index (χ3n) is 3.95. The minimum Gasteiger partial charge on any atom is -0.363 e. The van der Waals surface area contributed by atoms with E-state index in [0.717, 1.165) is 12.2 Å². The first-order valence-corrected chi connectivity index (χ1v) is 7.93. The molecule has 2 rings (SSSR count). The number of nitrogens with one attached hydrogen (secondary N) is 1. The van der Waals surface area contributed by atoms with E-state index in [2.05, 4.69) is 49.3 Å². The molecule has 0 saturated carbocycles. The van der Waals surface area contributed by atoms with E-state index in [1.165, 1.54) is 16.7 Å². The summed E-state index contributed by atoms with van der Waals surface area (Å²) in [6.45, 7) is 6.40. The lowest BCUT2D eigenvalue weighted by atomic mass is 9.97. The van der Waals surface area contributed by atoms with Crippen molar-refractivity contribution in [2.24, 2.45) is 0 Å². The molecule has 1 aromatic heterocycles. The Morgan fingerprint density at radius 1 is 1.22 bits per heavy atom. The summed E-state index contributed by atoms with van der Waals surface area (Å²) in [6, 6.07) is 10.4. The molecule has 1 N–H and O–H groups in total. The van der Waals surface area contributed by atoms with Crippen molar-refractivity contribution in [1.29, 1.82) is 0 Å². The highest BCUT2D eigenvalue weighted by Gasteiger charge is 2.13. The van der Waals surface area contributed by atoms with E-state index in [1.807, 2.05) is 12.1 Å². The molecule has 23 heavy (non-hydrogen) atoms. The molecule has 0 fully saturated rings. The number of carbonyl (C=O) groups excluding carboxylic acids is 1. The SMILES string of the molecule is CCC(Nc1ccc(C(=O)N(C)C)cn1)c1ccc(C)cc1C. The molecule has 1 unspecified atom stereocenters. The van der Waals surface area contributed by atoms with Gasteiger partial charge in [0.2, 0.25) is 0 Å². The molecule has 0 aliphatic heterocycles. The van der Waals surface area contributed by atoms with Gasteiger partial charge in [0.15, 0.2) is 0 Å². The second kappa shape index (κ2) is 7.27. The van der Waals surface area contributed by atoms with Crippen LogP contribution < -0.4 is 5.32 Å². The normalized spacial score (nSPS) is 11.9. The molecular weight excluding hydrogens is 286 g/mol. The monoisotopic (exact) mass is 311 g/mol. The van der Waals surface area contributed by atoms with Crippen molar-refractivity contribution in [3.8, 4) is 0 Å². The topological polar surface area (TPSA) is 45.2 Å². The highest BCUT2D eigenvalue weighted by atomic mass is 16.2. The summed E-state index contributed by atoms with van der Waals surface area (Å²) in [5.41, 5.74) is 4.43. The lowest BCUT2D eigenvalue weighted by molar-refractivity contribution is 0.0827. The van der Waals surface area contributed by atoms with Crippen molar-refractivity contribution in [1.82, 2.24) is 9.88 Å². The van der Waals surface area contributed by atoms with Crippen LogP contribution in [0.3, 0.4) is 0 Å². The van der Waals surface area contributed by atoms with Gasteiger partial charge in [-0.3, -0.25) is 4.79 Å². The van der Waals surface area contributed by atoms with E-state index in [0.29, 0.717) is 5.56 Å². The Labute approximate surface area is 138 Å². The summed E-state index contributed by atoms with van der Waals surface area (Å²) in [7, 11) is 3.48. The Morgan fingerprint density at radius 3 is 2.48 bits per heavy atom. The van der Waals surface area contributed by atoms with Gasteiger partial charge in [-0.2, -0.15) is 0 Å². The Balaban J connectivity index is 2.17. The molecule has 0 spiro atoms. The fraction of sp³-hybridized carbons (Fsp3) is 0.368. The first kappa shape index (κ1) is 17.0. The minimum atomic E-state index is -0.0366. The van der Waals surface area contributed by atoms with Gasteiger partial charge in [-0.05, 0) is 43.5 Å². The fourth-order valence-electron chi connectivity index (χ4n) is 2.66. The van der Waals surface area contributed by atoms with E-state index in [-0.39, 0.29) is 11.9 Å². The molecule has 1 aromatic carbocycles. The number of aromatic nitrogens is 1. The van der Waals surface area contributed by atoms with Gasteiger partial charge in [0, 0.05) is 20.3 Å². The van der Waals surface area contributed by atoms with Crippen LogP contribution in [0.1, 0.15) is 46.4 Å². The molecule has 1 atom stereocenters. The number of benzene rings is 1. The molecule has 0 saturated heterocycles. The standard InChI is InChI=1S/C19H25N3O/c1-6-17(16-9-7-13(2)11-14(16)3)21-18-10-8-15(12-20-18)19(23)22(4)5/h7-12,17H,6H2,1-5H3,(H,20,21). The number of carbonyl (C=O) groups is 1. The summed E-state index contributed by atoms with van der Waals surface area (Å²) < 4.78 is 0. The van der Waals surface area contributed by atoms with Crippen LogP contribution >= 0.6 is 0 Å². The highest BCUT2D eigenvalue weighted by Crippen LogP contribution is 2.25. The van der Waals surface area contributed by atoms with Crippen LogP contribution in [0.4, 0.5) is 5.82 Å². The van der Waals surface area contributed by atoms with Crippen molar-refractivity contribution in [2.75, 3.05) is 19.4 Å². The van der Waals surface area contributed by atoms with Crippen LogP contribution in [0.25, 0.3) is 0 Å². The summed E-state index contributed by atoms with van der Waals surface area (Å²) in [4.78, 5) is 17.8. The molecule has 4 heteroatoms. The van der Waals surface area contributed by atoms with Crippen LogP contribution in [0.2, 0.25) is 0 Å². The quantitative estimate of drug-likeness (QED) is 0.909. The maximum absolute atomic E-state index is 11.9. The number of aryl methyl sites for hydroxylation is 2. The van der Waals surface area contributed by atoms with Gasteiger partial charge in [0.25, 0.3) is 5.91 Å². The predicted octanol–water partition coefficient (Wildman–Crippen LogP) is 3.96. The fourth-order valence-corrected chi connectivity index (χ4v) is 2.66. The zero-order valence-corrected chi connectivity index (χ0v) is 14.6. The maximum Gasteiger partial charge on any atom is 0.254 e. The molecule has 2 aromatic rings. The van der Waals surface area contributed by atoms with Gasteiger partial charge in [0.05, 0.1) is 11.6 Å². The number of amides is 1. The van der Waals surface area contributed by atoms with E-state index < -0.39 is 0 Å². The Morgan fingerprint density at radius 2 is 1.96 bits per heavy atom. The number of nitrogens with zero attached hydrogens (tertiary/aromatic N) is 2. The van der Waals surface area contributed by atoms with Crippen molar-refractivity contribution < 1.29 is 4.79 Å². The van der Waals surface area contributed by atoms with Gasteiger partial charge in [-0.15, -0.1) is 0 Å². The van der Waals surface area contributed by atoms with Gasteiger partial charge < -0.3 is 10.2 Å². The van der Waals surface area contributed by atoms with Crippen molar-refractivity contribution in [2.45, 2.75) is 33.2 Å². The lowest BCUT2D eigenvalue weighted by Crippen LogP contribution is -2.21. The zero-order chi connectivity index (χ0) is 17.0. The van der Waals surface area contributed by atoms with E-state index in [4.69, 9.17) is 0 Å². The second-order valence-electron chi connectivity index (χ2n) is 6.10. The molecule has 0 aliphatic carbocycles. The lowest BCUT2D eigenvalue weighted by Gasteiger charge is -2.20. The van der Waals surface area contributed by atoms with Crippen LogP contribution in [0.15, 0.2) is 36.5 Å². The third kappa shape index (κ3) is 4.09. The Bertz CT molecular complexity index is 678. The Kier molecular flexibility index (Phi) is 5.37. The van der Waals surface area contributed by atoms with Crippen molar-refractivity contribution in [3.05, 3.63) is 58.8 Å². The van der Waals surface area contributed by atoms with Gasteiger partial charge in [-0.25, -0.2) is 4.98 Å². The maximum atomic E-state index is 11.9. The largest absolute Gasteiger partial charge is 0.363 e. The average molecular weight is 311 g/mol. The summed E-state index contributed by atoms with van der Waals surface area (Å²) in [5.74, 6) is 0.748. The predicted molar refractivity (Wildman–Crippen MR) is 94.8 cm³/mol. The average Bonchev–Trinajstić information content (AvgIpc) is 2.53. The van der Waals surface area contributed by atoms with Crippen LogP contribution in [0, 0.1) is 13.8 Å². The molecule has 122 valence electrons. The number of hydrogen-bond acceptors (Lipinski definition) is 3. The van der Waals surface area contributed by atoms with E-state index >= 15 is 0 Å². The first-order valence-electron chi connectivity index (χ1n) is 7.93. The van der Waals surface area contributed by atoms with Gasteiger partial charge in [-0.1, -0.05) is 30.7 Å². The van der Waals surface area contributed by atoms with E-state index in [1.54, 1.807) is 25.2 Å². The minimum absolute atomic E-state index is 0.0366. The summed E-state index contributed by atoms with van der Waals surface area (Å²) in [5, 5.41) is 3.46. The number of anilines is 1. The molecule has 1 heterocycles. The molecule has 0 bridgehead atoms. The van der Waals surface area contributed by atoms with Gasteiger partial charge in [0.1, 0.15) is 5.82 Å². The number of hydrogen-bond donors (Lipinski definition) is 1. The van der Waals surface area contributed by atoms with Gasteiger partial charge >= 0.3 is 0 Å². The first-order chi connectivity index (χ1) is 10.9. The zero-order valence-electron chi connectivity index (χ0n) is 14.6. The third-order valence-corrected chi connectivity index (χ3v) is 3.95. The van der Waals surface area contributed by atoms with Crippen LogP contribution in [-0.2, 0) is 0 Å². The molecule has 4 nitrogen and oxygen atoms in total. The van der Waals surface area contributed by atoms with Crippen LogP contribution in [-0.4, -0.2) is 29.9 Å². The van der Waals surface area contributed by atoms with Crippen molar-refractivity contribution >= 4 is 11.7 Å². The van der Waals surface area contributed by atoms with E-state index in [9.17, 15) is 4.79 Å². The molecule has 1 amide bonds. The summed E-state index contributed by atoms with van der Waals surface area (Å²) >= 11 is 0. The number of rotatable bonds is 5. The summed E-state index contributed by atoms with van der Waals surface area (Å²) in [6.07, 6.45) is 2.59. The molecule has 0 aliphatic rings. The molecular formula is C19H25N3O.